The summed E-state index contributed by atoms with van der Waals surface area (Å²) in [6.45, 7) is 11.6. The van der Waals surface area contributed by atoms with Crippen molar-refractivity contribution >= 4 is 28.8 Å². The van der Waals surface area contributed by atoms with Crippen LogP contribution in [0.5, 0.6) is 0 Å². The first kappa shape index (κ1) is 23.8. The number of hydrogen-bond acceptors (Lipinski definition) is 8. The summed E-state index contributed by atoms with van der Waals surface area (Å²) in [5.74, 6) is -0.268. The maximum absolute atomic E-state index is 15.1. The van der Waals surface area contributed by atoms with Crippen LogP contribution in [0.2, 0.25) is 0 Å². The molecule has 0 aliphatic carbocycles. The van der Waals surface area contributed by atoms with Gasteiger partial charge in [-0.15, -0.1) is 0 Å². The number of aromatic nitrogens is 3. The third-order valence-corrected chi connectivity index (χ3v) is 7.82. The van der Waals surface area contributed by atoms with Gasteiger partial charge in [-0.3, -0.25) is 0 Å². The van der Waals surface area contributed by atoms with Crippen LogP contribution in [-0.2, 0) is 0 Å². The van der Waals surface area contributed by atoms with Gasteiger partial charge in [0.25, 0.3) is 0 Å². The maximum atomic E-state index is 15.1. The number of halogens is 2. The topological polar surface area (TPSA) is 72.5 Å². The number of anilines is 5. The number of hydrogen-bond donors (Lipinski definition) is 2. The Balaban J connectivity index is 1.23. The number of benzene rings is 1. The van der Waals surface area contributed by atoms with Gasteiger partial charge in [-0.05, 0) is 57.5 Å². The van der Waals surface area contributed by atoms with Gasteiger partial charge in [0.2, 0.25) is 5.95 Å². The third-order valence-electron chi connectivity index (χ3n) is 7.82. The Morgan fingerprint density at radius 1 is 1.05 bits per heavy atom. The van der Waals surface area contributed by atoms with Crippen LogP contribution in [0.4, 0.5) is 37.6 Å². The van der Waals surface area contributed by atoms with E-state index in [4.69, 9.17) is 0 Å². The molecule has 2 N–H and O–H groups in total. The molecule has 8 nitrogen and oxygen atoms in total. The van der Waals surface area contributed by atoms with Crippen LogP contribution in [0.25, 0.3) is 11.3 Å². The van der Waals surface area contributed by atoms with E-state index in [1.165, 1.54) is 6.07 Å². The van der Waals surface area contributed by atoms with Crippen LogP contribution in [0.15, 0.2) is 36.7 Å². The Morgan fingerprint density at radius 3 is 2.59 bits per heavy atom. The monoisotopic (exact) mass is 506 g/mol. The number of pyridine rings is 1. The molecule has 2 saturated heterocycles. The molecule has 1 aromatic carbocycles. The highest BCUT2D eigenvalue weighted by molar-refractivity contribution is 5.83. The second-order valence-corrected chi connectivity index (χ2v) is 10.6. The highest BCUT2D eigenvalue weighted by Gasteiger charge is 2.45. The van der Waals surface area contributed by atoms with Gasteiger partial charge in [0, 0.05) is 37.3 Å². The third kappa shape index (κ3) is 4.33. The van der Waals surface area contributed by atoms with Crippen LogP contribution in [-0.4, -0.2) is 64.3 Å². The largest absolute Gasteiger partial charge is 0.368 e. The van der Waals surface area contributed by atoms with Crippen LogP contribution in [0, 0.1) is 11.6 Å². The standard InChI is InChI=1S/C27H32F2N8/c1-4-35-9-11-36(12-10-35)18-5-6-22(30-15-18)32-26-31-16-20(29)24(34-26)17-13-19(28)25-21(14-17)37-23(33-25)7-8-27(37,2)3/h5-6,13-16,23,33H,4,7-12H2,1-3H3,(H,30,31,32,34). The summed E-state index contributed by atoms with van der Waals surface area (Å²) >= 11 is 0. The van der Waals surface area contributed by atoms with E-state index in [1.807, 2.05) is 24.4 Å². The van der Waals surface area contributed by atoms with E-state index in [0.717, 1.165) is 63.1 Å². The van der Waals surface area contributed by atoms with Gasteiger partial charge in [-0.25, -0.2) is 23.7 Å². The lowest BCUT2D eigenvalue weighted by Gasteiger charge is -2.35. The first-order chi connectivity index (χ1) is 17.8. The minimum absolute atomic E-state index is 0.0464. The molecule has 0 saturated carbocycles. The number of likely N-dealkylation sites (N-methyl/N-ethyl adjacent to an activating group) is 1. The van der Waals surface area contributed by atoms with Gasteiger partial charge in [0.15, 0.2) is 5.82 Å². The van der Waals surface area contributed by atoms with Gasteiger partial charge in [-0.2, -0.15) is 0 Å². The summed E-state index contributed by atoms with van der Waals surface area (Å²) in [5, 5.41) is 6.35. The minimum Gasteiger partial charge on any atom is -0.368 e. The summed E-state index contributed by atoms with van der Waals surface area (Å²) in [7, 11) is 0. The van der Waals surface area contributed by atoms with E-state index in [0.29, 0.717) is 17.1 Å². The van der Waals surface area contributed by atoms with E-state index in [1.54, 1.807) is 0 Å². The summed E-state index contributed by atoms with van der Waals surface area (Å²) in [6.07, 6.45) is 4.90. The predicted molar refractivity (Wildman–Crippen MR) is 142 cm³/mol. The van der Waals surface area contributed by atoms with Crippen LogP contribution in [0.1, 0.15) is 33.6 Å². The molecule has 2 fully saturated rings. The summed E-state index contributed by atoms with van der Waals surface area (Å²) in [5.41, 5.74) is 2.57. The Hall–Kier alpha value is -3.53. The molecule has 194 valence electrons. The zero-order valence-electron chi connectivity index (χ0n) is 21.4. The lowest BCUT2D eigenvalue weighted by molar-refractivity contribution is 0.271. The fourth-order valence-electron chi connectivity index (χ4n) is 5.73. The van der Waals surface area contributed by atoms with Crippen molar-refractivity contribution in [3.8, 4) is 11.3 Å². The van der Waals surface area contributed by atoms with Crippen molar-refractivity contribution in [3.63, 3.8) is 0 Å². The summed E-state index contributed by atoms with van der Waals surface area (Å²) < 4.78 is 30.0. The molecule has 0 bridgehead atoms. The molecule has 10 heteroatoms. The van der Waals surface area contributed by atoms with Crippen molar-refractivity contribution < 1.29 is 8.78 Å². The molecule has 0 spiro atoms. The number of nitrogens with zero attached hydrogens (tertiary/aromatic N) is 6. The van der Waals surface area contributed by atoms with E-state index in [-0.39, 0.29) is 23.3 Å². The fraction of sp³-hybridized carbons (Fsp3) is 0.444. The molecule has 2 aromatic heterocycles. The second-order valence-electron chi connectivity index (χ2n) is 10.6. The normalized spacial score (nSPS) is 20.5. The molecular formula is C27H32F2N8. The molecule has 1 atom stereocenters. The number of nitrogens with one attached hydrogen (secondary N) is 2. The van der Waals surface area contributed by atoms with Crippen molar-refractivity contribution in [1.29, 1.82) is 0 Å². The van der Waals surface area contributed by atoms with Crippen molar-refractivity contribution in [2.24, 2.45) is 0 Å². The maximum Gasteiger partial charge on any atom is 0.229 e. The molecule has 1 unspecified atom stereocenters. The van der Waals surface area contributed by atoms with Crippen LogP contribution in [0.3, 0.4) is 0 Å². The fourth-order valence-corrected chi connectivity index (χ4v) is 5.73. The molecule has 6 rings (SSSR count). The van der Waals surface area contributed by atoms with Crippen molar-refractivity contribution in [2.75, 3.05) is 53.2 Å². The molecule has 3 aromatic rings. The predicted octanol–water partition coefficient (Wildman–Crippen LogP) is 4.83. The van der Waals surface area contributed by atoms with Gasteiger partial charge in [-0.1, -0.05) is 6.92 Å². The second kappa shape index (κ2) is 9.09. The minimum atomic E-state index is -0.609. The van der Waals surface area contributed by atoms with Crippen molar-refractivity contribution in [2.45, 2.75) is 45.3 Å². The SMILES string of the molecule is CCN1CCN(c2ccc(Nc3ncc(F)c(-c4cc(F)c5c(c4)N4C(CCC4(C)C)N5)n3)nc2)CC1. The molecule has 5 heterocycles. The zero-order chi connectivity index (χ0) is 25.7. The lowest BCUT2D eigenvalue weighted by Crippen LogP contribution is -2.46. The highest BCUT2D eigenvalue weighted by atomic mass is 19.1. The first-order valence-electron chi connectivity index (χ1n) is 12.9. The Morgan fingerprint density at radius 2 is 1.86 bits per heavy atom. The van der Waals surface area contributed by atoms with Crippen molar-refractivity contribution in [1.82, 2.24) is 19.9 Å². The van der Waals surface area contributed by atoms with Gasteiger partial charge in [0.05, 0.1) is 35.6 Å². The molecule has 0 radical (unpaired) electrons. The molecule has 3 aliphatic rings. The molecule has 3 aliphatic heterocycles. The van der Waals surface area contributed by atoms with Gasteiger partial charge in [0.1, 0.15) is 17.3 Å². The van der Waals surface area contributed by atoms with Gasteiger partial charge < -0.3 is 25.3 Å². The Labute approximate surface area is 215 Å². The highest BCUT2D eigenvalue weighted by Crippen LogP contribution is 2.49. The average Bonchev–Trinajstić information content (AvgIpc) is 3.43. The van der Waals surface area contributed by atoms with E-state index in [9.17, 15) is 4.39 Å². The molecule has 37 heavy (non-hydrogen) atoms. The van der Waals surface area contributed by atoms with Crippen LogP contribution >= 0.6 is 0 Å². The molecular weight excluding hydrogens is 474 g/mol. The van der Waals surface area contributed by atoms with E-state index >= 15 is 4.39 Å². The van der Waals surface area contributed by atoms with E-state index < -0.39 is 11.6 Å². The zero-order valence-corrected chi connectivity index (χ0v) is 21.4. The number of piperazine rings is 1. The first-order valence-corrected chi connectivity index (χ1v) is 12.9. The van der Waals surface area contributed by atoms with Gasteiger partial charge >= 0.3 is 0 Å². The lowest BCUT2D eigenvalue weighted by atomic mass is 10.00. The average molecular weight is 507 g/mol. The van der Waals surface area contributed by atoms with Crippen LogP contribution < -0.4 is 20.4 Å². The van der Waals surface area contributed by atoms with E-state index in [2.05, 4.69) is 61.1 Å². The smallest absolute Gasteiger partial charge is 0.229 e. The summed E-state index contributed by atoms with van der Waals surface area (Å²) in [6, 6.07) is 7.03. The van der Waals surface area contributed by atoms with Crippen molar-refractivity contribution in [3.05, 3.63) is 48.3 Å². The quantitative estimate of drug-likeness (QED) is 0.510. The Bertz CT molecular complexity index is 1300. The Kier molecular flexibility index (Phi) is 5.86. The molecule has 0 amide bonds. The number of rotatable bonds is 5. The number of fused-ring (bicyclic) bond motifs is 3. The summed E-state index contributed by atoms with van der Waals surface area (Å²) in [4.78, 5) is 19.9.